The second-order valence-corrected chi connectivity index (χ2v) is 6.29. The summed E-state index contributed by atoms with van der Waals surface area (Å²) < 4.78 is 8.16. The van der Waals surface area contributed by atoms with Crippen LogP contribution in [0.3, 0.4) is 0 Å². The van der Waals surface area contributed by atoms with Gasteiger partial charge in [0.25, 0.3) is 0 Å². The van der Waals surface area contributed by atoms with Crippen LogP contribution in [0.5, 0.6) is 0 Å². The molecule has 1 unspecified atom stereocenters. The highest BCUT2D eigenvalue weighted by atomic mass is 79.9. The lowest BCUT2D eigenvalue weighted by atomic mass is 9.96. The van der Waals surface area contributed by atoms with Crippen molar-refractivity contribution in [1.29, 1.82) is 0 Å². The van der Waals surface area contributed by atoms with Gasteiger partial charge in [-0.2, -0.15) is 5.10 Å². The predicted molar refractivity (Wildman–Crippen MR) is 79.4 cm³/mol. The van der Waals surface area contributed by atoms with Crippen molar-refractivity contribution in [3.63, 3.8) is 0 Å². The molecule has 1 N–H and O–H groups in total. The minimum Gasteiger partial charge on any atom is -0.465 e. The molecular formula is C15H19BrN2O2. The second-order valence-electron chi connectivity index (χ2n) is 5.43. The molecule has 1 atom stereocenters. The van der Waals surface area contributed by atoms with E-state index >= 15 is 0 Å². The minimum atomic E-state index is -0.658. The van der Waals surface area contributed by atoms with Gasteiger partial charge in [-0.25, -0.2) is 0 Å². The smallest absolute Gasteiger partial charge is 0.146 e. The molecule has 108 valence electrons. The molecule has 0 radical (unpaired) electrons. The van der Waals surface area contributed by atoms with Crippen molar-refractivity contribution in [2.45, 2.75) is 50.7 Å². The fourth-order valence-electron chi connectivity index (χ4n) is 2.87. The highest BCUT2D eigenvalue weighted by molar-refractivity contribution is 9.10. The van der Waals surface area contributed by atoms with E-state index in [9.17, 15) is 5.11 Å². The van der Waals surface area contributed by atoms with Gasteiger partial charge >= 0.3 is 0 Å². The molecular weight excluding hydrogens is 320 g/mol. The van der Waals surface area contributed by atoms with Crippen LogP contribution in [-0.2, 0) is 6.42 Å². The van der Waals surface area contributed by atoms with Crippen molar-refractivity contribution >= 4 is 15.9 Å². The van der Waals surface area contributed by atoms with E-state index in [1.54, 1.807) is 12.3 Å². The predicted octanol–water partition coefficient (Wildman–Crippen LogP) is 4.02. The van der Waals surface area contributed by atoms with Crippen LogP contribution < -0.4 is 0 Å². The summed E-state index contributed by atoms with van der Waals surface area (Å²) in [7, 11) is 0. The summed E-state index contributed by atoms with van der Waals surface area (Å²) in [5.41, 5.74) is 0.909. The molecule has 2 aromatic heterocycles. The van der Waals surface area contributed by atoms with Crippen LogP contribution in [0.25, 0.3) is 0 Å². The summed E-state index contributed by atoms with van der Waals surface area (Å²) in [5, 5.41) is 14.8. The number of halogens is 1. The van der Waals surface area contributed by atoms with Crippen molar-refractivity contribution in [2.24, 2.45) is 0 Å². The van der Waals surface area contributed by atoms with E-state index in [2.05, 4.69) is 25.7 Å². The number of aliphatic hydroxyl groups excluding tert-OH is 1. The Morgan fingerprint density at radius 2 is 2.15 bits per heavy atom. The maximum atomic E-state index is 10.2. The lowest BCUT2D eigenvalue weighted by molar-refractivity contribution is 0.147. The molecule has 1 saturated carbocycles. The van der Waals surface area contributed by atoms with E-state index in [4.69, 9.17) is 4.42 Å². The lowest BCUT2D eigenvalue weighted by Crippen LogP contribution is -2.13. The van der Waals surface area contributed by atoms with Crippen LogP contribution in [0, 0.1) is 0 Å². The molecule has 0 aromatic carbocycles. The van der Waals surface area contributed by atoms with Crippen LogP contribution >= 0.6 is 15.9 Å². The molecule has 1 fully saturated rings. The molecule has 5 heteroatoms. The summed E-state index contributed by atoms with van der Waals surface area (Å²) in [6, 6.07) is 4.32. The molecule has 0 spiro atoms. The monoisotopic (exact) mass is 338 g/mol. The molecule has 2 aromatic rings. The van der Waals surface area contributed by atoms with Gasteiger partial charge in [0, 0.05) is 12.6 Å². The SMILES string of the molecule is OC(Cc1ccn(C2CCCCC2)n1)c1occc1Br. The number of furan rings is 1. The van der Waals surface area contributed by atoms with E-state index in [0.29, 0.717) is 18.2 Å². The van der Waals surface area contributed by atoms with Gasteiger partial charge in [-0.05, 0) is 40.9 Å². The van der Waals surface area contributed by atoms with Gasteiger partial charge in [-0.1, -0.05) is 19.3 Å². The summed E-state index contributed by atoms with van der Waals surface area (Å²) in [4.78, 5) is 0. The van der Waals surface area contributed by atoms with Crippen molar-refractivity contribution in [3.05, 3.63) is 40.5 Å². The van der Waals surface area contributed by atoms with Gasteiger partial charge in [-0.3, -0.25) is 4.68 Å². The van der Waals surface area contributed by atoms with E-state index in [1.807, 2.05) is 12.3 Å². The Bertz CT molecular complexity index is 558. The average molecular weight is 339 g/mol. The normalized spacial score (nSPS) is 18.3. The first-order valence-corrected chi connectivity index (χ1v) is 7.98. The van der Waals surface area contributed by atoms with Gasteiger partial charge in [0.1, 0.15) is 11.9 Å². The summed E-state index contributed by atoms with van der Waals surface area (Å²) in [6.07, 6.45) is 9.79. The maximum Gasteiger partial charge on any atom is 0.146 e. The zero-order valence-corrected chi connectivity index (χ0v) is 12.9. The minimum absolute atomic E-state index is 0.478. The fraction of sp³-hybridized carbons (Fsp3) is 0.533. The molecule has 3 rings (SSSR count). The third-order valence-corrected chi connectivity index (χ3v) is 4.62. The average Bonchev–Trinajstić information content (AvgIpc) is 3.09. The number of nitrogens with zero attached hydrogens (tertiary/aromatic N) is 2. The summed E-state index contributed by atoms with van der Waals surface area (Å²) >= 11 is 3.37. The standard InChI is InChI=1S/C15H19BrN2O2/c16-13-7-9-20-15(13)14(19)10-11-6-8-18(17-11)12-4-2-1-3-5-12/h6-9,12,14,19H,1-5,10H2. The van der Waals surface area contributed by atoms with Gasteiger partial charge in [0.05, 0.1) is 22.5 Å². The maximum absolute atomic E-state index is 10.2. The molecule has 2 heterocycles. The quantitative estimate of drug-likeness (QED) is 0.915. The first kappa shape index (κ1) is 13.9. The Morgan fingerprint density at radius 3 is 2.85 bits per heavy atom. The van der Waals surface area contributed by atoms with Crippen molar-refractivity contribution in [3.8, 4) is 0 Å². The van der Waals surface area contributed by atoms with Crippen molar-refractivity contribution in [1.82, 2.24) is 9.78 Å². The zero-order valence-electron chi connectivity index (χ0n) is 11.3. The van der Waals surface area contributed by atoms with Gasteiger partial charge in [0.15, 0.2) is 0 Å². The zero-order chi connectivity index (χ0) is 13.9. The van der Waals surface area contributed by atoms with Crippen LogP contribution in [0.15, 0.2) is 33.5 Å². The van der Waals surface area contributed by atoms with E-state index in [0.717, 1.165) is 10.2 Å². The second kappa shape index (κ2) is 6.14. The largest absolute Gasteiger partial charge is 0.465 e. The van der Waals surface area contributed by atoms with Crippen molar-refractivity contribution in [2.75, 3.05) is 0 Å². The Morgan fingerprint density at radius 1 is 1.35 bits per heavy atom. The topological polar surface area (TPSA) is 51.2 Å². The molecule has 0 aliphatic heterocycles. The highest BCUT2D eigenvalue weighted by Crippen LogP contribution is 2.29. The van der Waals surface area contributed by atoms with Crippen LogP contribution in [0.2, 0.25) is 0 Å². The van der Waals surface area contributed by atoms with E-state index < -0.39 is 6.10 Å². The number of hydrogen-bond donors (Lipinski definition) is 1. The van der Waals surface area contributed by atoms with E-state index in [-0.39, 0.29) is 0 Å². The number of rotatable bonds is 4. The molecule has 0 saturated heterocycles. The van der Waals surface area contributed by atoms with Crippen LogP contribution in [0.4, 0.5) is 0 Å². The molecule has 0 bridgehead atoms. The van der Waals surface area contributed by atoms with Gasteiger partial charge in [0.2, 0.25) is 0 Å². The molecule has 0 amide bonds. The Balaban J connectivity index is 1.66. The molecule has 1 aliphatic rings. The Labute approximate surface area is 126 Å². The molecule has 4 nitrogen and oxygen atoms in total. The van der Waals surface area contributed by atoms with Crippen LogP contribution in [0.1, 0.15) is 55.7 Å². The third-order valence-electron chi connectivity index (χ3n) is 3.96. The van der Waals surface area contributed by atoms with Gasteiger partial charge < -0.3 is 9.52 Å². The van der Waals surface area contributed by atoms with E-state index in [1.165, 1.54) is 32.1 Å². The van der Waals surface area contributed by atoms with Crippen molar-refractivity contribution < 1.29 is 9.52 Å². The third kappa shape index (κ3) is 2.99. The number of hydrogen-bond acceptors (Lipinski definition) is 3. The van der Waals surface area contributed by atoms with Gasteiger partial charge in [-0.15, -0.1) is 0 Å². The first-order chi connectivity index (χ1) is 9.74. The summed E-state index contributed by atoms with van der Waals surface area (Å²) in [6.45, 7) is 0. The first-order valence-electron chi connectivity index (χ1n) is 7.19. The molecule has 20 heavy (non-hydrogen) atoms. The lowest BCUT2D eigenvalue weighted by Gasteiger charge is -2.21. The van der Waals surface area contributed by atoms with Crippen LogP contribution in [-0.4, -0.2) is 14.9 Å². The highest BCUT2D eigenvalue weighted by Gasteiger charge is 2.19. The fourth-order valence-corrected chi connectivity index (χ4v) is 3.33. The summed E-state index contributed by atoms with van der Waals surface area (Å²) in [5.74, 6) is 0.567. The molecule has 1 aliphatic carbocycles. The number of aliphatic hydroxyl groups is 1. The Kier molecular flexibility index (Phi) is 4.27. The Hall–Kier alpha value is -1.07. The number of aromatic nitrogens is 2.